The van der Waals surface area contributed by atoms with Gasteiger partial charge in [0.2, 0.25) is 11.9 Å². The standard InChI is InChI=1S/C19H27N5O.C2HF3O2/c1-4-8-14(2)21-19-22-15(3)13-17(24-19)20-12-11-18(25)23-16-9-6-5-7-10-16;3-2(4,5)1(6)7/h5-7,9-10,13-14H,4,8,11-12H2,1-3H3,(H,23,25)(H2,20,21,22,24);(H,6,7). The highest BCUT2D eigenvalue weighted by Crippen LogP contribution is 2.13. The van der Waals surface area contributed by atoms with Gasteiger partial charge in [-0.15, -0.1) is 0 Å². The van der Waals surface area contributed by atoms with Crippen LogP contribution in [0.2, 0.25) is 0 Å². The highest BCUT2D eigenvalue weighted by molar-refractivity contribution is 5.90. The van der Waals surface area contributed by atoms with Crippen molar-refractivity contribution in [3.8, 4) is 0 Å². The summed E-state index contributed by atoms with van der Waals surface area (Å²) < 4.78 is 31.7. The van der Waals surface area contributed by atoms with Crippen molar-refractivity contribution in [2.75, 3.05) is 22.5 Å². The summed E-state index contributed by atoms with van der Waals surface area (Å²) in [4.78, 5) is 29.7. The first-order chi connectivity index (χ1) is 15.0. The molecule has 0 spiro atoms. The summed E-state index contributed by atoms with van der Waals surface area (Å²) in [6.07, 6.45) is -2.53. The van der Waals surface area contributed by atoms with E-state index in [0.717, 1.165) is 30.0 Å². The Morgan fingerprint density at radius 2 is 1.78 bits per heavy atom. The summed E-state index contributed by atoms with van der Waals surface area (Å²) in [6.45, 7) is 6.72. The van der Waals surface area contributed by atoms with E-state index in [2.05, 4.69) is 39.8 Å². The molecule has 2 aromatic rings. The van der Waals surface area contributed by atoms with Gasteiger partial charge in [-0.3, -0.25) is 4.79 Å². The second kappa shape index (κ2) is 13.1. The maximum atomic E-state index is 12.0. The van der Waals surface area contributed by atoms with E-state index in [9.17, 15) is 18.0 Å². The van der Waals surface area contributed by atoms with Crippen LogP contribution < -0.4 is 16.0 Å². The first-order valence-electron chi connectivity index (χ1n) is 10.0. The van der Waals surface area contributed by atoms with Gasteiger partial charge in [-0.2, -0.15) is 18.2 Å². The van der Waals surface area contributed by atoms with E-state index in [1.54, 1.807) is 0 Å². The molecule has 176 valence electrons. The van der Waals surface area contributed by atoms with Crippen LogP contribution in [0.25, 0.3) is 0 Å². The van der Waals surface area contributed by atoms with Gasteiger partial charge in [0, 0.05) is 36.5 Å². The van der Waals surface area contributed by atoms with Crippen LogP contribution >= 0.6 is 0 Å². The summed E-state index contributed by atoms with van der Waals surface area (Å²) in [5.41, 5.74) is 1.69. The van der Waals surface area contributed by atoms with E-state index in [-0.39, 0.29) is 5.91 Å². The third kappa shape index (κ3) is 11.1. The average molecular weight is 455 g/mol. The number of carbonyl (C=O) groups is 2. The first-order valence-corrected chi connectivity index (χ1v) is 10.0. The predicted octanol–water partition coefficient (Wildman–Crippen LogP) is 4.46. The highest BCUT2D eigenvalue weighted by Gasteiger charge is 2.38. The number of aryl methyl sites for hydroxylation is 1. The van der Waals surface area contributed by atoms with Crippen molar-refractivity contribution in [3.63, 3.8) is 0 Å². The number of carbonyl (C=O) groups excluding carboxylic acids is 1. The number of aliphatic carboxylic acids is 1. The lowest BCUT2D eigenvalue weighted by atomic mass is 10.2. The molecule has 0 bridgehead atoms. The maximum Gasteiger partial charge on any atom is 0.490 e. The van der Waals surface area contributed by atoms with Crippen molar-refractivity contribution < 1.29 is 27.9 Å². The molecular formula is C21H28F3N5O3. The normalized spacial score (nSPS) is 11.6. The summed E-state index contributed by atoms with van der Waals surface area (Å²) >= 11 is 0. The van der Waals surface area contributed by atoms with E-state index in [1.165, 1.54) is 0 Å². The van der Waals surface area contributed by atoms with Crippen molar-refractivity contribution in [1.82, 2.24) is 9.97 Å². The SMILES string of the molecule is CCCC(C)Nc1nc(C)cc(NCCC(=O)Nc2ccccc2)n1.O=C(O)C(F)(F)F. The van der Waals surface area contributed by atoms with Crippen LogP contribution in [0.5, 0.6) is 0 Å². The molecule has 32 heavy (non-hydrogen) atoms. The fourth-order valence-corrected chi connectivity index (χ4v) is 2.50. The number of amides is 1. The van der Waals surface area contributed by atoms with Gasteiger partial charge in [0.1, 0.15) is 5.82 Å². The Bertz CT molecular complexity index is 864. The first kappa shape index (κ1) is 26.7. The van der Waals surface area contributed by atoms with Crippen LogP contribution in [0, 0.1) is 6.92 Å². The molecule has 1 amide bonds. The van der Waals surface area contributed by atoms with E-state index < -0.39 is 12.1 Å². The van der Waals surface area contributed by atoms with Gasteiger partial charge in [-0.1, -0.05) is 31.5 Å². The van der Waals surface area contributed by atoms with E-state index in [0.29, 0.717) is 25.0 Å². The predicted molar refractivity (Wildman–Crippen MR) is 117 cm³/mol. The van der Waals surface area contributed by atoms with Gasteiger partial charge in [-0.05, 0) is 32.4 Å². The molecule has 0 saturated carbocycles. The number of carboxylic acids is 1. The minimum atomic E-state index is -5.08. The molecule has 0 radical (unpaired) electrons. The van der Waals surface area contributed by atoms with Gasteiger partial charge in [0.05, 0.1) is 0 Å². The minimum Gasteiger partial charge on any atom is -0.475 e. The second-order valence-corrected chi connectivity index (χ2v) is 6.95. The van der Waals surface area contributed by atoms with Gasteiger partial charge < -0.3 is 21.1 Å². The summed E-state index contributed by atoms with van der Waals surface area (Å²) in [6, 6.07) is 11.7. The molecule has 1 unspecified atom stereocenters. The van der Waals surface area contributed by atoms with Crippen LogP contribution in [0.1, 0.15) is 38.8 Å². The molecule has 1 aromatic carbocycles. The minimum absolute atomic E-state index is 0.0283. The average Bonchev–Trinajstić information content (AvgIpc) is 2.68. The summed E-state index contributed by atoms with van der Waals surface area (Å²) in [5, 5.41) is 16.5. The van der Waals surface area contributed by atoms with Crippen LogP contribution in [-0.2, 0) is 9.59 Å². The van der Waals surface area contributed by atoms with Crippen LogP contribution in [0.3, 0.4) is 0 Å². The Hall–Kier alpha value is -3.37. The number of nitrogens with zero attached hydrogens (tertiary/aromatic N) is 2. The molecule has 4 N–H and O–H groups in total. The molecule has 11 heteroatoms. The number of benzene rings is 1. The lowest BCUT2D eigenvalue weighted by Crippen LogP contribution is -2.21. The second-order valence-electron chi connectivity index (χ2n) is 6.95. The lowest BCUT2D eigenvalue weighted by molar-refractivity contribution is -0.192. The number of aromatic nitrogens is 2. The zero-order valence-corrected chi connectivity index (χ0v) is 18.2. The number of hydrogen-bond acceptors (Lipinski definition) is 6. The highest BCUT2D eigenvalue weighted by atomic mass is 19.4. The van der Waals surface area contributed by atoms with Crippen molar-refractivity contribution in [3.05, 3.63) is 42.1 Å². The fraction of sp³-hybridized carbons (Fsp3) is 0.429. The number of halogens is 3. The van der Waals surface area contributed by atoms with E-state index in [1.807, 2.05) is 43.3 Å². The summed E-state index contributed by atoms with van der Waals surface area (Å²) in [7, 11) is 0. The zero-order valence-electron chi connectivity index (χ0n) is 18.2. The maximum absolute atomic E-state index is 12.0. The lowest BCUT2D eigenvalue weighted by Gasteiger charge is -2.14. The van der Waals surface area contributed by atoms with Gasteiger partial charge in [0.25, 0.3) is 0 Å². The smallest absolute Gasteiger partial charge is 0.475 e. The number of hydrogen-bond donors (Lipinski definition) is 4. The molecule has 2 rings (SSSR count). The van der Waals surface area contributed by atoms with E-state index >= 15 is 0 Å². The molecule has 0 aliphatic carbocycles. The van der Waals surface area contributed by atoms with E-state index in [4.69, 9.17) is 9.90 Å². The van der Waals surface area contributed by atoms with Crippen molar-refractivity contribution in [1.29, 1.82) is 0 Å². The zero-order chi connectivity index (χ0) is 24.1. The molecular weight excluding hydrogens is 427 g/mol. The Kier molecular flexibility index (Phi) is 10.9. The molecule has 1 aromatic heterocycles. The number of anilines is 3. The Morgan fingerprint density at radius 1 is 1.16 bits per heavy atom. The monoisotopic (exact) mass is 455 g/mol. The Morgan fingerprint density at radius 3 is 2.34 bits per heavy atom. The Balaban J connectivity index is 0.000000633. The Labute approximate surface area is 184 Å². The van der Waals surface area contributed by atoms with Crippen LogP contribution in [-0.4, -0.2) is 45.7 Å². The fourth-order valence-electron chi connectivity index (χ4n) is 2.50. The van der Waals surface area contributed by atoms with Crippen molar-refractivity contribution in [2.24, 2.45) is 0 Å². The molecule has 0 aliphatic rings. The third-order valence-corrected chi connectivity index (χ3v) is 3.91. The third-order valence-electron chi connectivity index (χ3n) is 3.91. The van der Waals surface area contributed by atoms with Gasteiger partial charge in [0.15, 0.2) is 0 Å². The van der Waals surface area contributed by atoms with Crippen LogP contribution in [0.4, 0.5) is 30.6 Å². The number of carboxylic acid groups (broad SMARTS) is 1. The molecule has 0 saturated heterocycles. The number of para-hydroxylation sites is 1. The largest absolute Gasteiger partial charge is 0.490 e. The molecule has 0 fully saturated rings. The molecule has 8 nitrogen and oxygen atoms in total. The topological polar surface area (TPSA) is 116 Å². The number of rotatable bonds is 9. The van der Waals surface area contributed by atoms with Gasteiger partial charge in [-0.25, -0.2) is 9.78 Å². The van der Waals surface area contributed by atoms with Crippen molar-refractivity contribution >= 4 is 29.3 Å². The number of nitrogens with one attached hydrogen (secondary N) is 3. The molecule has 1 atom stereocenters. The number of alkyl halides is 3. The molecule has 1 heterocycles. The summed E-state index contributed by atoms with van der Waals surface area (Å²) in [5.74, 6) is -1.43. The molecule has 0 aliphatic heterocycles. The van der Waals surface area contributed by atoms with Crippen LogP contribution in [0.15, 0.2) is 36.4 Å². The van der Waals surface area contributed by atoms with Gasteiger partial charge >= 0.3 is 12.1 Å². The quantitative estimate of drug-likeness (QED) is 0.441. The van der Waals surface area contributed by atoms with Crippen molar-refractivity contribution in [2.45, 2.75) is 52.3 Å².